The van der Waals surface area contributed by atoms with Gasteiger partial charge in [0.1, 0.15) is 11.8 Å². The molecule has 6 nitrogen and oxygen atoms in total. The molecule has 0 radical (unpaired) electrons. The largest absolute Gasteiger partial charge is 0.497 e. The van der Waals surface area contributed by atoms with E-state index in [0.29, 0.717) is 11.4 Å². The first-order valence-electron chi connectivity index (χ1n) is 9.72. The Morgan fingerprint density at radius 3 is 2.14 bits per heavy atom. The van der Waals surface area contributed by atoms with Gasteiger partial charge in [-0.1, -0.05) is 29.8 Å². The van der Waals surface area contributed by atoms with Gasteiger partial charge in [0.15, 0.2) is 0 Å². The number of nitrogens with zero attached hydrogens (tertiary/aromatic N) is 3. The van der Waals surface area contributed by atoms with Gasteiger partial charge in [-0.2, -0.15) is 0 Å². The van der Waals surface area contributed by atoms with E-state index < -0.39 is 6.04 Å². The van der Waals surface area contributed by atoms with Crippen LogP contribution in [0.25, 0.3) is 0 Å². The molecule has 0 bridgehead atoms. The highest BCUT2D eigenvalue weighted by Crippen LogP contribution is 2.48. The van der Waals surface area contributed by atoms with E-state index in [2.05, 4.69) is 41.2 Å². The van der Waals surface area contributed by atoms with Crippen LogP contribution in [0.1, 0.15) is 23.6 Å². The van der Waals surface area contributed by atoms with Crippen LogP contribution in [0.5, 0.6) is 5.75 Å². The average Bonchev–Trinajstić information content (AvgIpc) is 3.35. The van der Waals surface area contributed by atoms with Gasteiger partial charge in [0, 0.05) is 13.1 Å². The topological polar surface area (TPSA) is 53.1 Å². The molecule has 2 aromatic rings. The standard InChI is InChI=1S/C22H23N3O3/c1-14-4-6-15(7-5-14)19-18-20(24-13-3-12-23(19)24)22(27)25(21(18)26)16-8-10-17(28-2)11-9-16/h4-11,18-20H,3,12-13H2,1-2H3/t18-,19-,20-/m0/s1. The van der Waals surface area contributed by atoms with Crippen LogP contribution < -0.4 is 9.64 Å². The third kappa shape index (κ3) is 2.41. The van der Waals surface area contributed by atoms with Crippen molar-refractivity contribution < 1.29 is 14.3 Å². The number of amides is 2. The highest BCUT2D eigenvalue weighted by atomic mass is 16.5. The Labute approximate surface area is 164 Å². The summed E-state index contributed by atoms with van der Waals surface area (Å²) in [7, 11) is 1.60. The number of ether oxygens (including phenoxy) is 1. The van der Waals surface area contributed by atoms with Crippen molar-refractivity contribution in [1.82, 2.24) is 10.0 Å². The van der Waals surface area contributed by atoms with Crippen molar-refractivity contribution in [3.63, 3.8) is 0 Å². The highest BCUT2D eigenvalue weighted by molar-refractivity contribution is 6.24. The summed E-state index contributed by atoms with van der Waals surface area (Å²) in [6.07, 6.45) is 1.01. The minimum Gasteiger partial charge on any atom is -0.497 e. The maximum atomic E-state index is 13.5. The molecule has 5 rings (SSSR count). The number of hydrogen-bond donors (Lipinski definition) is 0. The molecule has 0 saturated carbocycles. The Balaban J connectivity index is 1.55. The summed E-state index contributed by atoms with van der Waals surface area (Å²) in [6, 6.07) is 14.9. The van der Waals surface area contributed by atoms with Crippen molar-refractivity contribution in [1.29, 1.82) is 0 Å². The van der Waals surface area contributed by atoms with Gasteiger partial charge < -0.3 is 4.74 Å². The van der Waals surface area contributed by atoms with Crippen LogP contribution in [-0.2, 0) is 9.59 Å². The lowest BCUT2D eigenvalue weighted by Gasteiger charge is -2.29. The Morgan fingerprint density at radius 1 is 0.857 bits per heavy atom. The molecule has 28 heavy (non-hydrogen) atoms. The number of hydrogen-bond acceptors (Lipinski definition) is 5. The van der Waals surface area contributed by atoms with Gasteiger partial charge in [-0.25, -0.2) is 14.9 Å². The monoisotopic (exact) mass is 377 g/mol. The number of aryl methyl sites for hydroxylation is 1. The van der Waals surface area contributed by atoms with E-state index in [9.17, 15) is 9.59 Å². The van der Waals surface area contributed by atoms with Gasteiger partial charge in [0.25, 0.3) is 5.91 Å². The Morgan fingerprint density at radius 2 is 1.50 bits per heavy atom. The minimum atomic E-state index is -0.414. The fourth-order valence-corrected chi connectivity index (χ4v) is 4.86. The first-order valence-corrected chi connectivity index (χ1v) is 9.72. The number of carbonyl (C=O) groups excluding carboxylic acids is 2. The predicted molar refractivity (Wildman–Crippen MR) is 105 cm³/mol. The molecule has 3 fully saturated rings. The van der Waals surface area contributed by atoms with Crippen LogP contribution >= 0.6 is 0 Å². The number of imide groups is 1. The van der Waals surface area contributed by atoms with Crippen molar-refractivity contribution in [3.8, 4) is 5.75 Å². The molecular weight excluding hydrogens is 354 g/mol. The van der Waals surface area contributed by atoms with Crippen LogP contribution in [-0.4, -0.2) is 48.1 Å². The number of benzene rings is 2. The normalized spacial score (nSPS) is 27.4. The van der Waals surface area contributed by atoms with Crippen molar-refractivity contribution in [2.75, 3.05) is 25.1 Å². The fraction of sp³-hybridized carbons (Fsp3) is 0.364. The molecule has 144 valence electrons. The zero-order valence-electron chi connectivity index (χ0n) is 16.0. The van der Waals surface area contributed by atoms with Crippen molar-refractivity contribution in [3.05, 3.63) is 59.7 Å². The smallest absolute Gasteiger partial charge is 0.253 e. The second-order valence-electron chi connectivity index (χ2n) is 7.72. The Hall–Kier alpha value is -2.70. The summed E-state index contributed by atoms with van der Waals surface area (Å²) in [5.41, 5.74) is 2.89. The summed E-state index contributed by atoms with van der Waals surface area (Å²) in [5, 5.41) is 4.36. The zero-order chi connectivity index (χ0) is 19.4. The van der Waals surface area contributed by atoms with Crippen LogP contribution in [0.4, 0.5) is 5.69 Å². The number of anilines is 1. The molecule has 0 unspecified atom stereocenters. The molecule has 0 N–H and O–H groups in total. The highest BCUT2D eigenvalue weighted by Gasteiger charge is 2.62. The van der Waals surface area contributed by atoms with Gasteiger partial charge in [0.2, 0.25) is 5.91 Å². The average molecular weight is 377 g/mol. The maximum Gasteiger partial charge on any atom is 0.253 e. The minimum absolute atomic E-state index is 0.0900. The number of methoxy groups -OCH3 is 1. The second kappa shape index (κ2) is 6.43. The lowest BCUT2D eigenvalue weighted by molar-refractivity contribution is -0.126. The molecule has 0 spiro atoms. The van der Waals surface area contributed by atoms with Crippen LogP contribution in [0.3, 0.4) is 0 Å². The molecule has 0 aliphatic carbocycles. The number of rotatable bonds is 3. The van der Waals surface area contributed by atoms with Crippen molar-refractivity contribution >= 4 is 17.5 Å². The number of fused-ring (bicyclic) bond motifs is 3. The molecule has 3 heterocycles. The quantitative estimate of drug-likeness (QED) is 0.770. The summed E-state index contributed by atoms with van der Waals surface area (Å²) < 4.78 is 5.20. The third-order valence-electron chi connectivity index (χ3n) is 6.16. The van der Waals surface area contributed by atoms with E-state index in [-0.39, 0.29) is 23.8 Å². The van der Waals surface area contributed by atoms with Crippen LogP contribution in [0, 0.1) is 12.8 Å². The van der Waals surface area contributed by atoms with Crippen LogP contribution in [0.2, 0.25) is 0 Å². The summed E-state index contributed by atoms with van der Waals surface area (Å²) >= 11 is 0. The van der Waals surface area contributed by atoms with Crippen molar-refractivity contribution in [2.45, 2.75) is 25.4 Å². The van der Waals surface area contributed by atoms with Gasteiger partial charge in [0.05, 0.1) is 24.8 Å². The molecule has 0 aromatic heterocycles. The molecule has 3 saturated heterocycles. The number of hydrazine groups is 1. The van der Waals surface area contributed by atoms with E-state index >= 15 is 0 Å². The first kappa shape index (κ1) is 17.4. The molecule has 3 atom stereocenters. The van der Waals surface area contributed by atoms with E-state index in [1.807, 2.05) is 0 Å². The van der Waals surface area contributed by atoms with E-state index in [1.54, 1.807) is 31.4 Å². The third-order valence-corrected chi connectivity index (χ3v) is 6.16. The molecule has 6 heteroatoms. The Bertz CT molecular complexity index is 925. The lowest BCUT2D eigenvalue weighted by Crippen LogP contribution is -2.44. The van der Waals surface area contributed by atoms with E-state index in [4.69, 9.17) is 4.74 Å². The predicted octanol–water partition coefficient (Wildman–Crippen LogP) is 2.54. The van der Waals surface area contributed by atoms with E-state index in [0.717, 1.165) is 25.1 Å². The molecule has 3 aliphatic rings. The molecule has 2 amide bonds. The Kier molecular flexibility index (Phi) is 4.00. The summed E-state index contributed by atoms with van der Waals surface area (Å²) in [4.78, 5) is 28.2. The second-order valence-corrected chi connectivity index (χ2v) is 7.72. The fourth-order valence-electron chi connectivity index (χ4n) is 4.86. The number of carbonyl (C=O) groups is 2. The molecule has 2 aromatic carbocycles. The molecular formula is C22H23N3O3. The SMILES string of the molecule is COc1ccc(N2C(=O)[C@@H]3[C@@H](C2=O)N2CCCN2[C@H]3c2ccc(C)cc2)cc1. The summed E-state index contributed by atoms with van der Waals surface area (Å²) in [6.45, 7) is 3.76. The van der Waals surface area contributed by atoms with Gasteiger partial charge in [-0.05, 0) is 43.2 Å². The summed E-state index contributed by atoms with van der Waals surface area (Å²) in [5.74, 6) is 0.0886. The first-order chi connectivity index (χ1) is 13.6. The van der Waals surface area contributed by atoms with E-state index in [1.165, 1.54) is 10.5 Å². The molecule has 3 aliphatic heterocycles. The van der Waals surface area contributed by atoms with Crippen LogP contribution in [0.15, 0.2) is 48.5 Å². The lowest BCUT2D eigenvalue weighted by atomic mass is 9.89. The van der Waals surface area contributed by atoms with Gasteiger partial charge >= 0.3 is 0 Å². The maximum absolute atomic E-state index is 13.5. The van der Waals surface area contributed by atoms with Gasteiger partial charge in [-0.15, -0.1) is 0 Å². The van der Waals surface area contributed by atoms with Crippen molar-refractivity contribution in [2.24, 2.45) is 5.92 Å². The van der Waals surface area contributed by atoms with Gasteiger partial charge in [-0.3, -0.25) is 9.59 Å². The zero-order valence-corrected chi connectivity index (χ0v) is 16.0.